The highest BCUT2D eigenvalue weighted by Crippen LogP contribution is 2.35. The Labute approximate surface area is 140 Å². The highest BCUT2D eigenvalue weighted by Gasteiger charge is 2.23. The molecule has 0 spiro atoms. The number of nitrogens with one attached hydrogen (secondary N) is 1. The number of anilines is 1. The van der Waals surface area contributed by atoms with Gasteiger partial charge in [0, 0.05) is 37.0 Å². The molecule has 0 atom stereocenters. The van der Waals surface area contributed by atoms with Crippen LogP contribution in [0.2, 0.25) is 0 Å². The van der Waals surface area contributed by atoms with Gasteiger partial charge in [-0.2, -0.15) is 0 Å². The minimum Gasteiger partial charge on any atom is -0.378 e. The van der Waals surface area contributed by atoms with Gasteiger partial charge in [-0.1, -0.05) is 37.5 Å². The Morgan fingerprint density at radius 2 is 1.87 bits per heavy atom. The normalized spacial score (nSPS) is 18.6. The first kappa shape index (κ1) is 16.0. The van der Waals surface area contributed by atoms with Gasteiger partial charge in [0.05, 0.1) is 0 Å². The summed E-state index contributed by atoms with van der Waals surface area (Å²) in [5.74, 6) is 0.440. The van der Waals surface area contributed by atoms with Crippen molar-refractivity contribution in [2.75, 3.05) is 19.0 Å². The number of allylic oxidation sites excluding steroid dienone is 4. The van der Waals surface area contributed by atoms with Gasteiger partial charge in [0.1, 0.15) is 0 Å². The van der Waals surface area contributed by atoms with E-state index in [9.17, 15) is 0 Å². The molecule has 1 saturated carbocycles. The maximum atomic E-state index is 8.87. The molecule has 23 heavy (non-hydrogen) atoms. The van der Waals surface area contributed by atoms with Crippen LogP contribution in [0.3, 0.4) is 0 Å². The number of nitrogens with zero attached hydrogens (tertiary/aromatic N) is 1. The Kier molecular flexibility index (Phi) is 4.70. The molecule has 2 heteroatoms. The van der Waals surface area contributed by atoms with Crippen molar-refractivity contribution in [3.8, 4) is 0 Å². The first-order chi connectivity index (χ1) is 11.1. The molecule has 1 aromatic rings. The molecule has 0 aliphatic heterocycles. The highest BCUT2D eigenvalue weighted by atomic mass is 15.1. The van der Waals surface area contributed by atoms with Gasteiger partial charge in [-0.25, -0.2) is 0 Å². The Balaban J connectivity index is 2.02. The van der Waals surface area contributed by atoms with Crippen LogP contribution in [0.5, 0.6) is 0 Å². The average Bonchev–Trinajstić information content (AvgIpc) is 3.00. The van der Waals surface area contributed by atoms with E-state index in [0.29, 0.717) is 5.92 Å². The van der Waals surface area contributed by atoms with Crippen LogP contribution < -0.4 is 4.90 Å². The third-order valence-electron chi connectivity index (χ3n) is 5.31. The van der Waals surface area contributed by atoms with Crippen LogP contribution in [0, 0.1) is 11.3 Å². The molecule has 0 amide bonds. The van der Waals surface area contributed by atoms with Gasteiger partial charge in [-0.05, 0) is 55.0 Å². The van der Waals surface area contributed by atoms with Gasteiger partial charge in [0.25, 0.3) is 0 Å². The molecule has 1 aromatic carbocycles. The summed E-state index contributed by atoms with van der Waals surface area (Å²) < 4.78 is 0. The maximum Gasteiger partial charge on any atom is 0.0423 e. The number of hydrogen-bond donors (Lipinski definition) is 1. The summed E-state index contributed by atoms with van der Waals surface area (Å²) in [5.41, 5.74) is 7.21. The van der Waals surface area contributed by atoms with Crippen LogP contribution in [-0.2, 0) is 0 Å². The second-order valence-electron chi connectivity index (χ2n) is 7.14. The predicted octanol–water partition coefficient (Wildman–Crippen LogP) is 5.43. The molecule has 0 aromatic heterocycles. The minimum atomic E-state index is 0.440. The van der Waals surface area contributed by atoms with E-state index in [1.165, 1.54) is 54.5 Å². The molecule has 0 radical (unpaired) electrons. The highest BCUT2D eigenvalue weighted by molar-refractivity contribution is 6.05. The zero-order valence-electron chi connectivity index (χ0n) is 14.7. The van der Waals surface area contributed by atoms with Gasteiger partial charge in [0.2, 0.25) is 0 Å². The SMILES string of the molecule is CC1=C(c2ccc(N(C)C)cc2C(=N)C2CCCCC2)CC=C1. The standard InChI is InChI=1S/C21H28N2/c1-15-8-7-11-18(15)19-13-12-17(23(2)3)14-20(19)21(22)16-9-5-4-6-10-16/h7-8,12-14,16,22H,4-6,9-11H2,1-3H3. The van der Waals surface area contributed by atoms with Crippen molar-refractivity contribution >= 4 is 17.0 Å². The number of benzene rings is 1. The maximum absolute atomic E-state index is 8.87. The fourth-order valence-corrected chi connectivity index (χ4v) is 3.85. The first-order valence-corrected chi connectivity index (χ1v) is 8.85. The summed E-state index contributed by atoms with van der Waals surface area (Å²) in [5, 5.41) is 8.87. The van der Waals surface area contributed by atoms with Gasteiger partial charge in [0.15, 0.2) is 0 Å². The molecule has 122 valence electrons. The van der Waals surface area contributed by atoms with Crippen molar-refractivity contribution in [3.05, 3.63) is 47.1 Å². The molecule has 3 rings (SSSR count). The smallest absolute Gasteiger partial charge is 0.0423 e. The molecular weight excluding hydrogens is 280 g/mol. The van der Waals surface area contributed by atoms with Crippen molar-refractivity contribution in [1.29, 1.82) is 5.41 Å². The lowest BCUT2D eigenvalue weighted by Crippen LogP contribution is -2.20. The summed E-state index contributed by atoms with van der Waals surface area (Å²) in [4.78, 5) is 2.13. The quantitative estimate of drug-likeness (QED) is 0.737. The van der Waals surface area contributed by atoms with Crippen molar-refractivity contribution in [2.24, 2.45) is 5.92 Å². The minimum absolute atomic E-state index is 0.440. The fraction of sp³-hybridized carbons (Fsp3) is 0.476. The molecule has 1 N–H and O–H groups in total. The number of rotatable bonds is 4. The van der Waals surface area contributed by atoms with Crippen LogP contribution in [-0.4, -0.2) is 19.8 Å². The van der Waals surface area contributed by atoms with E-state index in [2.05, 4.69) is 56.3 Å². The van der Waals surface area contributed by atoms with E-state index in [4.69, 9.17) is 5.41 Å². The summed E-state index contributed by atoms with van der Waals surface area (Å²) in [6, 6.07) is 6.64. The average molecular weight is 308 g/mol. The molecule has 0 heterocycles. The van der Waals surface area contributed by atoms with Crippen LogP contribution in [0.4, 0.5) is 5.69 Å². The van der Waals surface area contributed by atoms with Gasteiger partial charge in [-0.15, -0.1) is 0 Å². The number of hydrogen-bond acceptors (Lipinski definition) is 2. The van der Waals surface area contributed by atoms with Crippen LogP contribution in [0.25, 0.3) is 5.57 Å². The van der Waals surface area contributed by atoms with Gasteiger partial charge in [-0.3, -0.25) is 0 Å². The Morgan fingerprint density at radius 1 is 1.13 bits per heavy atom. The molecule has 2 aliphatic carbocycles. The van der Waals surface area contributed by atoms with Crippen LogP contribution >= 0.6 is 0 Å². The third kappa shape index (κ3) is 3.26. The Hall–Kier alpha value is -1.83. The Morgan fingerprint density at radius 3 is 2.48 bits per heavy atom. The van der Waals surface area contributed by atoms with Gasteiger partial charge >= 0.3 is 0 Å². The first-order valence-electron chi connectivity index (χ1n) is 8.85. The van der Waals surface area contributed by atoms with E-state index in [1.54, 1.807) is 0 Å². The lowest BCUT2D eigenvalue weighted by molar-refractivity contribution is 0.438. The lowest BCUT2D eigenvalue weighted by Gasteiger charge is -2.25. The fourth-order valence-electron chi connectivity index (χ4n) is 3.85. The third-order valence-corrected chi connectivity index (χ3v) is 5.31. The monoisotopic (exact) mass is 308 g/mol. The predicted molar refractivity (Wildman–Crippen MR) is 101 cm³/mol. The Bertz CT molecular complexity index is 658. The summed E-state index contributed by atoms with van der Waals surface area (Å²) in [7, 11) is 4.15. The van der Waals surface area contributed by atoms with Crippen molar-refractivity contribution in [2.45, 2.75) is 45.4 Å². The largest absolute Gasteiger partial charge is 0.378 e. The lowest BCUT2D eigenvalue weighted by atomic mass is 9.81. The summed E-state index contributed by atoms with van der Waals surface area (Å²) in [6.45, 7) is 2.19. The van der Waals surface area contributed by atoms with E-state index >= 15 is 0 Å². The topological polar surface area (TPSA) is 27.1 Å². The molecule has 0 bridgehead atoms. The summed E-state index contributed by atoms with van der Waals surface area (Å²) >= 11 is 0. The second-order valence-corrected chi connectivity index (χ2v) is 7.14. The zero-order valence-corrected chi connectivity index (χ0v) is 14.7. The molecule has 2 aliphatic rings. The van der Waals surface area contributed by atoms with Crippen molar-refractivity contribution in [1.82, 2.24) is 0 Å². The van der Waals surface area contributed by atoms with Crippen LogP contribution in [0.1, 0.15) is 56.6 Å². The molecule has 2 nitrogen and oxygen atoms in total. The van der Waals surface area contributed by atoms with Crippen molar-refractivity contribution in [3.63, 3.8) is 0 Å². The summed E-state index contributed by atoms with van der Waals surface area (Å²) in [6.07, 6.45) is 11.7. The zero-order chi connectivity index (χ0) is 16.4. The van der Waals surface area contributed by atoms with Crippen molar-refractivity contribution < 1.29 is 0 Å². The molecule has 0 unspecified atom stereocenters. The van der Waals surface area contributed by atoms with Crippen LogP contribution in [0.15, 0.2) is 35.9 Å². The second kappa shape index (κ2) is 6.74. The van der Waals surface area contributed by atoms with E-state index < -0.39 is 0 Å². The van der Waals surface area contributed by atoms with Gasteiger partial charge < -0.3 is 10.3 Å². The molecule has 0 saturated heterocycles. The molecule has 1 fully saturated rings. The van der Waals surface area contributed by atoms with E-state index in [-0.39, 0.29) is 0 Å². The molecular formula is C21H28N2. The van der Waals surface area contributed by atoms with E-state index in [1.807, 2.05) is 0 Å². The van der Waals surface area contributed by atoms with E-state index in [0.717, 1.165) is 17.7 Å².